The molecule has 0 atom stereocenters. The molecule has 9 heteroatoms. The lowest BCUT2D eigenvalue weighted by atomic mass is 10.2. The van der Waals surface area contributed by atoms with Crippen LogP contribution in [0, 0.1) is 5.92 Å². The number of aromatic nitrogens is 2. The molecule has 134 valence electrons. The van der Waals surface area contributed by atoms with E-state index in [-0.39, 0.29) is 23.8 Å². The summed E-state index contributed by atoms with van der Waals surface area (Å²) in [6, 6.07) is 0.146. The molecule has 1 N–H and O–H groups in total. The highest BCUT2D eigenvalue weighted by Gasteiger charge is 2.24. The molecule has 2 amide bonds. The first-order chi connectivity index (χ1) is 11.4. The fourth-order valence-electron chi connectivity index (χ4n) is 2.36. The minimum absolute atomic E-state index is 0.00700. The highest BCUT2D eigenvalue weighted by atomic mass is 32.2. The number of amides is 2. The third-order valence-electron chi connectivity index (χ3n) is 3.53. The number of piperazine rings is 1. The van der Waals surface area contributed by atoms with E-state index in [2.05, 4.69) is 20.4 Å². The average molecular weight is 372 g/mol. The molecule has 2 heterocycles. The Morgan fingerprint density at radius 1 is 1.17 bits per heavy atom. The fraction of sp³-hybridized carbons (Fsp3) is 0.733. The predicted octanol–water partition coefficient (Wildman–Crippen LogP) is 1.46. The summed E-state index contributed by atoms with van der Waals surface area (Å²) >= 11 is 2.91. The smallest absolute Gasteiger partial charge is 0.230 e. The van der Waals surface area contributed by atoms with Gasteiger partial charge in [0, 0.05) is 38.1 Å². The number of thioether (sulfide) groups is 1. The summed E-state index contributed by atoms with van der Waals surface area (Å²) in [5.74, 6) is 0.605. The fourth-order valence-corrected chi connectivity index (χ4v) is 4.07. The third kappa shape index (κ3) is 5.34. The van der Waals surface area contributed by atoms with Crippen LogP contribution in [0.1, 0.15) is 27.7 Å². The Labute approximate surface area is 151 Å². The number of nitrogens with one attached hydrogen (secondary N) is 1. The second-order valence-electron chi connectivity index (χ2n) is 6.33. The van der Waals surface area contributed by atoms with Gasteiger partial charge in [-0.2, -0.15) is 0 Å². The van der Waals surface area contributed by atoms with Gasteiger partial charge in [-0.1, -0.05) is 36.9 Å². The molecule has 7 nitrogen and oxygen atoms in total. The third-order valence-corrected chi connectivity index (χ3v) is 5.65. The Morgan fingerprint density at radius 3 is 2.42 bits per heavy atom. The lowest BCUT2D eigenvalue weighted by molar-refractivity contribution is -0.134. The molecule has 0 unspecified atom stereocenters. The van der Waals surface area contributed by atoms with Gasteiger partial charge >= 0.3 is 0 Å². The van der Waals surface area contributed by atoms with Gasteiger partial charge in [-0.3, -0.25) is 9.59 Å². The molecule has 1 aliphatic rings. The first-order valence-corrected chi connectivity index (χ1v) is 9.96. The molecule has 0 aromatic carbocycles. The molecule has 2 rings (SSSR count). The van der Waals surface area contributed by atoms with Gasteiger partial charge in [0.1, 0.15) is 0 Å². The van der Waals surface area contributed by atoms with Crippen LogP contribution < -0.4 is 10.2 Å². The van der Waals surface area contributed by atoms with Gasteiger partial charge in [0.2, 0.25) is 16.9 Å². The number of rotatable bonds is 6. The van der Waals surface area contributed by atoms with Crippen LogP contribution in [0.4, 0.5) is 5.13 Å². The van der Waals surface area contributed by atoms with Crippen LogP contribution in [0.3, 0.4) is 0 Å². The SMILES string of the molecule is CC(C)NC(=O)CSc1nnc(N2CCN(C(=O)C(C)C)CC2)s1. The van der Waals surface area contributed by atoms with E-state index in [1.54, 1.807) is 0 Å². The maximum absolute atomic E-state index is 12.0. The molecule has 1 aliphatic heterocycles. The van der Waals surface area contributed by atoms with Crippen LogP contribution in [-0.4, -0.2) is 64.9 Å². The molecule has 24 heavy (non-hydrogen) atoms. The summed E-state index contributed by atoms with van der Waals surface area (Å²) < 4.78 is 0.796. The maximum atomic E-state index is 12.0. The molecule has 0 spiro atoms. The summed E-state index contributed by atoms with van der Waals surface area (Å²) in [5.41, 5.74) is 0. The van der Waals surface area contributed by atoms with Gasteiger partial charge in [-0.05, 0) is 13.8 Å². The van der Waals surface area contributed by atoms with E-state index in [0.717, 1.165) is 35.7 Å². The Bertz CT molecular complexity index is 568. The van der Waals surface area contributed by atoms with Crippen molar-refractivity contribution in [3.8, 4) is 0 Å². The number of carbonyl (C=O) groups is 2. The van der Waals surface area contributed by atoms with Crippen molar-refractivity contribution in [3.63, 3.8) is 0 Å². The molecule has 1 aromatic heterocycles. The monoisotopic (exact) mass is 371 g/mol. The molecule has 0 aliphatic carbocycles. The number of hydrogen-bond donors (Lipinski definition) is 1. The van der Waals surface area contributed by atoms with Crippen LogP contribution in [0.15, 0.2) is 4.34 Å². The van der Waals surface area contributed by atoms with E-state index in [1.165, 1.54) is 23.1 Å². The van der Waals surface area contributed by atoms with E-state index in [1.807, 2.05) is 32.6 Å². The van der Waals surface area contributed by atoms with Crippen LogP contribution >= 0.6 is 23.1 Å². The maximum Gasteiger partial charge on any atom is 0.230 e. The quantitative estimate of drug-likeness (QED) is 0.763. The molecule has 0 radical (unpaired) electrons. The van der Waals surface area contributed by atoms with Gasteiger partial charge in [0.25, 0.3) is 0 Å². The van der Waals surface area contributed by atoms with Crippen LogP contribution in [0.2, 0.25) is 0 Å². The van der Waals surface area contributed by atoms with Crippen molar-refractivity contribution in [2.24, 2.45) is 5.92 Å². The predicted molar refractivity (Wildman–Crippen MR) is 97.5 cm³/mol. The van der Waals surface area contributed by atoms with Crippen molar-refractivity contribution in [2.75, 3.05) is 36.8 Å². The van der Waals surface area contributed by atoms with Gasteiger partial charge < -0.3 is 15.1 Å². The van der Waals surface area contributed by atoms with E-state index in [0.29, 0.717) is 5.75 Å². The molecule has 1 saturated heterocycles. The Kier molecular flexibility index (Phi) is 6.85. The topological polar surface area (TPSA) is 78.4 Å². The molecule has 0 saturated carbocycles. The second-order valence-corrected chi connectivity index (χ2v) is 8.51. The first kappa shape index (κ1) is 19.0. The van der Waals surface area contributed by atoms with Gasteiger partial charge in [0.05, 0.1) is 5.75 Å². The zero-order valence-electron chi connectivity index (χ0n) is 14.6. The Morgan fingerprint density at radius 2 is 1.83 bits per heavy atom. The zero-order chi connectivity index (χ0) is 17.7. The van der Waals surface area contributed by atoms with Gasteiger partial charge in [-0.15, -0.1) is 10.2 Å². The summed E-state index contributed by atoms with van der Waals surface area (Å²) in [6.07, 6.45) is 0. The van der Waals surface area contributed by atoms with Crippen LogP contribution in [0.25, 0.3) is 0 Å². The molecular formula is C15H25N5O2S2. The molecule has 0 bridgehead atoms. The summed E-state index contributed by atoms with van der Waals surface area (Å²) in [7, 11) is 0. The van der Waals surface area contributed by atoms with Crippen molar-refractivity contribution in [2.45, 2.75) is 38.1 Å². The Hall–Kier alpha value is -1.35. The number of hydrogen-bond acceptors (Lipinski definition) is 7. The summed E-state index contributed by atoms with van der Waals surface area (Å²) in [4.78, 5) is 27.7. The minimum Gasteiger partial charge on any atom is -0.353 e. The first-order valence-electron chi connectivity index (χ1n) is 8.16. The van der Waals surface area contributed by atoms with E-state index >= 15 is 0 Å². The lowest BCUT2D eigenvalue weighted by Gasteiger charge is -2.35. The molecular weight excluding hydrogens is 346 g/mol. The highest BCUT2D eigenvalue weighted by molar-refractivity contribution is 8.01. The van der Waals surface area contributed by atoms with Crippen LogP contribution in [-0.2, 0) is 9.59 Å². The summed E-state index contributed by atoms with van der Waals surface area (Å²) in [6.45, 7) is 10.7. The van der Waals surface area contributed by atoms with Crippen LogP contribution in [0.5, 0.6) is 0 Å². The van der Waals surface area contributed by atoms with Gasteiger partial charge in [0.15, 0.2) is 4.34 Å². The van der Waals surface area contributed by atoms with Crippen molar-refractivity contribution in [1.82, 2.24) is 20.4 Å². The van der Waals surface area contributed by atoms with E-state index < -0.39 is 0 Å². The van der Waals surface area contributed by atoms with Crippen molar-refractivity contribution < 1.29 is 9.59 Å². The zero-order valence-corrected chi connectivity index (χ0v) is 16.2. The van der Waals surface area contributed by atoms with E-state index in [9.17, 15) is 9.59 Å². The normalized spacial score (nSPS) is 15.2. The molecule has 1 aromatic rings. The Balaban J connectivity index is 1.82. The highest BCUT2D eigenvalue weighted by Crippen LogP contribution is 2.28. The van der Waals surface area contributed by atoms with Crippen molar-refractivity contribution in [1.29, 1.82) is 0 Å². The number of nitrogens with zero attached hydrogens (tertiary/aromatic N) is 4. The second kappa shape index (κ2) is 8.66. The van der Waals surface area contributed by atoms with Gasteiger partial charge in [-0.25, -0.2) is 0 Å². The van der Waals surface area contributed by atoms with E-state index in [4.69, 9.17) is 0 Å². The lowest BCUT2D eigenvalue weighted by Crippen LogP contribution is -2.49. The summed E-state index contributed by atoms with van der Waals surface area (Å²) in [5, 5.41) is 12.1. The van der Waals surface area contributed by atoms with Crippen molar-refractivity contribution in [3.05, 3.63) is 0 Å². The molecule has 1 fully saturated rings. The number of anilines is 1. The standard InChI is InChI=1S/C15H25N5O2S2/c1-10(2)13(22)19-5-7-20(8-6-19)14-17-18-15(24-14)23-9-12(21)16-11(3)4/h10-11H,5-9H2,1-4H3,(H,16,21). The largest absolute Gasteiger partial charge is 0.353 e. The number of carbonyl (C=O) groups excluding carboxylic acids is 2. The minimum atomic E-state index is 0.00700. The average Bonchev–Trinajstić information content (AvgIpc) is 3.00. The van der Waals surface area contributed by atoms with Crippen molar-refractivity contribution >= 4 is 40.0 Å².